The molecule has 7 heteroatoms. The van der Waals surface area contributed by atoms with Crippen molar-refractivity contribution in [3.63, 3.8) is 0 Å². The zero-order valence-corrected chi connectivity index (χ0v) is 14.6. The normalized spacial score (nSPS) is 17.9. The Bertz CT molecular complexity index is 823. The van der Waals surface area contributed by atoms with Gasteiger partial charge in [0.05, 0.1) is 17.6 Å². The highest BCUT2D eigenvalue weighted by molar-refractivity contribution is 6.30. The van der Waals surface area contributed by atoms with Gasteiger partial charge in [0.25, 0.3) is 0 Å². The van der Waals surface area contributed by atoms with Gasteiger partial charge in [0, 0.05) is 49.9 Å². The molecule has 4 heterocycles. The third-order valence-electron chi connectivity index (χ3n) is 4.67. The lowest BCUT2D eigenvalue weighted by molar-refractivity contribution is 0.242. The Labute approximate surface area is 151 Å². The van der Waals surface area contributed by atoms with E-state index in [-0.39, 0.29) is 5.82 Å². The highest BCUT2D eigenvalue weighted by Gasteiger charge is 2.21. The zero-order chi connectivity index (χ0) is 17.2. The number of fused-ring (bicyclic) bond motifs is 1. The van der Waals surface area contributed by atoms with Crippen LogP contribution in [0.3, 0.4) is 0 Å². The van der Waals surface area contributed by atoms with Crippen LogP contribution in [0.25, 0.3) is 0 Å². The molecule has 0 atom stereocenters. The largest absolute Gasteiger partial charge is 0.294 e. The predicted molar refractivity (Wildman–Crippen MR) is 94.3 cm³/mol. The minimum atomic E-state index is -0.363. The lowest BCUT2D eigenvalue weighted by Crippen LogP contribution is -2.31. The van der Waals surface area contributed by atoms with E-state index in [1.165, 1.54) is 6.07 Å². The topological polar surface area (TPSA) is 54.3 Å². The molecule has 0 saturated carbocycles. The van der Waals surface area contributed by atoms with Gasteiger partial charge in [-0.25, -0.2) is 19.3 Å². The van der Waals surface area contributed by atoms with Crippen LogP contribution in [-0.2, 0) is 19.5 Å². The van der Waals surface area contributed by atoms with E-state index in [0.717, 1.165) is 74.3 Å². The van der Waals surface area contributed by atoms with Gasteiger partial charge < -0.3 is 0 Å². The van der Waals surface area contributed by atoms with Crippen molar-refractivity contribution in [1.82, 2.24) is 19.9 Å². The van der Waals surface area contributed by atoms with Crippen molar-refractivity contribution < 1.29 is 4.39 Å². The molecule has 25 heavy (non-hydrogen) atoms. The van der Waals surface area contributed by atoms with E-state index in [0.29, 0.717) is 17.3 Å². The smallest absolute Gasteiger partial charge is 0.173 e. The maximum absolute atomic E-state index is 13.4. The second kappa shape index (κ2) is 7.14. The molecule has 4 rings (SSSR count). The minimum absolute atomic E-state index is 0.356. The Balaban J connectivity index is 1.50. The fourth-order valence-electron chi connectivity index (χ4n) is 3.34. The SMILES string of the molecule is Fc1cnc(Cl)c(CN2CCc3nc(C4=NCCCC4)ncc3C2)c1. The van der Waals surface area contributed by atoms with Crippen molar-refractivity contribution in [2.24, 2.45) is 4.99 Å². The van der Waals surface area contributed by atoms with E-state index in [1.807, 2.05) is 6.20 Å². The summed E-state index contributed by atoms with van der Waals surface area (Å²) in [6.45, 7) is 3.03. The molecule has 0 amide bonds. The fourth-order valence-corrected chi connectivity index (χ4v) is 3.51. The summed E-state index contributed by atoms with van der Waals surface area (Å²) in [5, 5.41) is 0.356. The van der Waals surface area contributed by atoms with E-state index in [9.17, 15) is 4.39 Å². The molecule has 0 radical (unpaired) electrons. The van der Waals surface area contributed by atoms with Crippen molar-refractivity contribution in [1.29, 1.82) is 0 Å². The van der Waals surface area contributed by atoms with Crippen LogP contribution in [0.4, 0.5) is 4.39 Å². The molecule has 0 aliphatic carbocycles. The van der Waals surface area contributed by atoms with Crippen LogP contribution < -0.4 is 0 Å². The van der Waals surface area contributed by atoms with Crippen molar-refractivity contribution in [3.05, 3.63) is 52.1 Å². The summed E-state index contributed by atoms with van der Waals surface area (Å²) in [6.07, 6.45) is 7.18. The molecular formula is C18H19ClFN5. The molecule has 2 aromatic rings. The van der Waals surface area contributed by atoms with Crippen LogP contribution in [0.2, 0.25) is 5.15 Å². The number of hydrogen-bond acceptors (Lipinski definition) is 5. The van der Waals surface area contributed by atoms with E-state index in [1.54, 1.807) is 0 Å². The fraction of sp³-hybridized carbons (Fsp3) is 0.444. The van der Waals surface area contributed by atoms with Gasteiger partial charge >= 0.3 is 0 Å². The standard InChI is InChI=1S/C18H19ClFN5/c19-17-12(7-14(20)9-22-17)10-25-6-4-15-13(11-25)8-23-18(24-15)16-3-1-2-5-21-16/h7-9H,1-6,10-11H2. The Morgan fingerprint density at radius 2 is 2.08 bits per heavy atom. The van der Waals surface area contributed by atoms with Crippen LogP contribution in [0.5, 0.6) is 0 Å². The number of pyridine rings is 1. The summed E-state index contributed by atoms with van der Waals surface area (Å²) < 4.78 is 13.4. The third kappa shape index (κ3) is 3.70. The predicted octanol–water partition coefficient (Wildman–Crippen LogP) is 3.20. The Hall–Kier alpha value is -1.92. The average molecular weight is 360 g/mol. The summed E-state index contributed by atoms with van der Waals surface area (Å²) in [7, 11) is 0. The van der Waals surface area contributed by atoms with E-state index < -0.39 is 0 Å². The van der Waals surface area contributed by atoms with Gasteiger partial charge in [-0.05, 0) is 25.3 Å². The number of hydrogen-bond donors (Lipinski definition) is 0. The highest BCUT2D eigenvalue weighted by atomic mass is 35.5. The highest BCUT2D eigenvalue weighted by Crippen LogP contribution is 2.22. The van der Waals surface area contributed by atoms with Gasteiger partial charge in [0.15, 0.2) is 5.82 Å². The van der Waals surface area contributed by atoms with E-state index in [2.05, 4.69) is 19.9 Å². The molecule has 130 valence electrons. The first-order valence-corrected chi connectivity index (χ1v) is 8.97. The van der Waals surface area contributed by atoms with Gasteiger partial charge in [-0.3, -0.25) is 9.89 Å². The molecule has 0 fully saturated rings. The molecule has 0 aromatic carbocycles. The molecule has 0 saturated heterocycles. The third-order valence-corrected chi connectivity index (χ3v) is 5.01. The summed E-state index contributed by atoms with van der Waals surface area (Å²) in [4.78, 5) is 19.9. The molecule has 0 spiro atoms. The second-order valence-electron chi connectivity index (χ2n) is 6.52. The lowest BCUT2D eigenvalue weighted by Gasteiger charge is -2.28. The molecule has 0 N–H and O–H groups in total. The monoisotopic (exact) mass is 359 g/mol. The van der Waals surface area contributed by atoms with Crippen molar-refractivity contribution in [2.75, 3.05) is 13.1 Å². The van der Waals surface area contributed by atoms with Gasteiger partial charge in [-0.15, -0.1) is 0 Å². The molecule has 0 bridgehead atoms. The first kappa shape index (κ1) is 16.5. The quantitative estimate of drug-likeness (QED) is 0.790. The molecule has 2 aliphatic rings. The van der Waals surface area contributed by atoms with Gasteiger partial charge in [-0.2, -0.15) is 0 Å². The van der Waals surface area contributed by atoms with E-state index >= 15 is 0 Å². The van der Waals surface area contributed by atoms with Gasteiger partial charge in [-0.1, -0.05) is 11.6 Å². The summed E-state index contributed by atoms with van der Waals surface area (Å²) in [5.74, 6) is 0.419. The molecular weight excluding hydrogens is 341 g/mol. The van der Waals surface area contributed by atoms with Crippen molar-refractivity contribution in [2.45, 2.75) is 38.8 Å². The number of aliphatic imine (C=N–C) groups is 1. The van der Waals surface area contributed by atoms with Crippen LogP contribution in [0.15, 0.2) is 23.5 Å². The van der Waals surface area contributed by atoms with Gasteiger partial charge in [0.2, 0.25) is 0 Å². The van der Waals surface area contributed by atoms with Crippen LogP contribution in [-0.4, -0.2) is 38.7 Å². The molecule has 2 aliphatic heterocycles. The van der Waals surface area contributed by atoms with E-state index in [4.69, 9.17) is 16.6 Å². The Morgan fingerprint density at radius 1 is 1.16 bits per heavy atom. The first-order chi connectivity index (χ1) is 12.2. The number of rotatable bonds is 3. The average Bonchev–Trinajstić information content (AvgIpc) is 2.65. The molecule has 0 unspecified atom stereocenters. The van der Waals surface area contributed by atoms with Crippen LogP contribution >= 0.6 is 11.6 Å². The van der Waals surface area contributed by atoms with Crippen LogP contribution in [0, 0.1) is 5.82 Å². The first-order valence-electron chi connectivity index (χ1n) is 8.60. The molecule has 5 nitrogen and oxygen atoms in total. The number of aromatic nitrogens is 3. The van der Waals surface area contributed by atoms with Gasteiger partial charge in [0.1, 0.15) is 11.0 Å². The summed E-state index contributed by atoms with van der Waals surface area (Å²) >= 11 is 6.08. The number of nitrogens with zero attached hydrogens (tertiary/aromatic N) is 5. The lowest BCUT2D eigenvalue weighted by atomic mass is 10.0. The maximum Gasteiger partial charge on any atom is 0.173 e. The second-order valence-corrected chi connectivity index (χ2v) is 6.87. The Kier molecular flexibility index (Phi) is 4.72. The summed E-state index contributed by atoms with van der Waals surface area (Å²) in [5.41, 5.74) is 3.96. The van der Waals surface area contributed by atoms with Crippen molar-refractivity contribution in [3.8, 4) is 0 Å². The maximum atomic E-state index is 13.4. The van der Waals surface area contributed by atoms with Crippen LogP contribution in [0.1, 0.15) is 41.9 Å². The Morgan fingerprint density at radius 3 is 2.92 bits per heavy atom. The number of halogens is 2. The molecule has 2 aromatic heterocycles. The zero-order valence-electron chi connectivity index (χ0n) is 13.9. The summed E-state index contributed by atoms with van der Waals surface area (Å²) in [6, 6.07) is 1.45. The van der Waals surface area contributed by atoms with Crippen molar-refractivity contribution >= 4 is 17.3 Å². The minimum Gasteiger partial charge on any atom is -0.294 e.